The Hall–Kier alpha value is -2.24. The predicted octanol–water partition coefficient (Wildman–Crippen LogP) is 2.27. The maximum Gasteiger partial charge on any atom is 0.254 e. The van der Waals surface area contributed by atoms with Gasteiger partial charge in [0.15, 0.2) is 0 Å². The standard InChI is InChI=1S/C18H18FNO3/c19-15-6-4-13(5-7-15)17-9-16(22)10-20(17)18(23)14-3-1-2-12(8-14)11-21/h1-8,16-17,21-22H,9-11H2/t16-,17-/m0/s1. The van der Waals surface area contributed by atoms with Crippen LogP contribution in [0.4, 0.5) is 4.39 Å². The fourth-order valence-electron chi connectivity index (χ4n) is 3.01. The maximum absolute atomic E-state index is 13.1. The van der Waals surface area contributed by atoms with Crippen LogP contribution < -0.4 is 0 Å². The third kappa shape index (κ3) is 3.25. The average Bonchev–Trinajstić information content (AvgIpc) is 2.96. The Morgan fingerprint density at radius 2 is 1.96 bits per heavy atom. The van der Waals surface area contributed by atoms with Crippen molar-refractivity contribution in [2.45, 2.75) is 25.2 Å². The van der Waals surface area contributed by atoms with Crippen molar-refractivity contribution in [3.8, 4) is 0 Å². The molecule has 1 amide bonds. The largest absolute Gasteiger partial charge is 0.392 e. The molecule has 0 aliphatic carbocycles. The summed E-state index contributed by atoms with van der Waals surface area (Å²) in [5.74, 6) is -0.535. The Morgan fingerprint density at radius 3 is 2.65 bits per heavy atom. The van der Waals surface area contributed by atoms with E-state index in [1.54, 1.807) is 41.3 Å². The molecule has 1 aliphatic heterocycles. The summed E-state index contributed by atoms with van der Waals surface area (Å²) in [7, 11) is 0. The minimum atomic E-state index is -0.602. The van der Waals surface area contributed by atoms with Gasteiger partial charge >= 0.3 is 0 Å². The molecule has 5 heteroatoms. The summed E-state index contributed by atoms with van der Waals surface area (Å²) < 4.78 is 13.1. The first-order valence-corrected chi connectivity index (χ1v) is 7.53. The lowest BCUT2D eigenvalue weighted by atomic mass is 10.0. The van der Waals surface area contributed by atoms with Gasteiger partial charge in [-0.2, -0.15) is 0 Å². The van der Waals surface area contributed by atoms with Crippen LogP contribution in [0.3, 0.4) is 0 Å². The zero-order valence-electron chi connectivity index (χ0n) is 12.5. The molecule has 1 fully saturated rings. The number of β-amino-alcohol motifs (C(OH)–C–C–N with tert-alkyl or cyclic N) is 1. The topological polar surface area (TPSA) is 60.8 Å². The van der Waals surface area contributed by atoms with Crippen LogP contribution in [0.15, 0.2) is 48.5 Å². The number of aliphatic hydroxyl groups excluding tert-OH is 2. The molecule has 2 atom stereocenters. The van der Waals surface area contributed by atoms with Gasteiger partial charge in [0.1, 0.15) is 5.82 Å². The van der Waals surface area contributed by atoms with Gasteiger partial charge in [-0.3, -0.25) is 4.79 Å². The highest BCUT2D eigenvalue weighted by molar-refractivity contribution is 5.95. The summed E-state index contributed by atoms with van der Waals surface area (Å²) >= 11 is 0. The highest BCUT2D eigenvalue weighted by Gasteiger charge is 2.35. The van der Waals surface area contributed by atoms with Crippen LogP contribution in [0.5, 0.6) is 0 Å². The number of nitrogens with zero attached hydrogens (tertiary/aromatic N) is 1. The van der Waals surface area contributed by atoms with Gasteiger partial charge in [-0.05, 0) is 41.8 Å². The van der Waals surface area contributed by atoms with Crippen LogP contribution in [0.1, 0.15) is 33.9 Å². The number of hydrogen-bond acceptors (Lipinski definition) is 3. The van der Waals surface area contributed by atoms with Gasteiger partial charge in [0, 0.05) is 12.1 Å². The van der Waals surface area contributed by atoms with Crippen LogP contribution in [-0.2, 0) is 6.61 Å². The zero-order chi connectivity index (χ0) is 16.4. The number of rotatable bonds is 3. The summed E-state index contributed by atoms with van der Waals surface area (Å²) in [5.41, 5.74) is 1.93. The molecule has 0 saturated carbocycles. The monoisotopic (exact) mass is 315 g/mol. The first-order valence-electron chi connectivity index (χ1n) is 7.53. The predicted molar refractivity (Wildman–Crippen MR) is 83.2 cm³/mol. The molecular formula is C18H18FNO3. The second kappa shape index (κ2) is 6.48. The van der Waals surface area contributed by atoms with Gasteiger partial charge in [0.25, 0.3) is 5.91 Å². The second-order valence-corrected chi connectivity index (χ2v) is 5.77. The lowest BCUT2D eigenvalue weighted by Crippen LogP contribution is -2.31. The Morgan fingerprint density at radius 1 is 1.22 bits per heavy atom. The van der Waals surface area contributed by atoms with E-state index in [0.29, 0.717) is 17.5 Å². The van der Waals surface area contributed by atoms with Crippen LogP contribution >= 0.6 is 0 Å². The minimum Gasteiger partial charge on any atom is -0.392 e. The van der Waals surface area contributed by atoms with Gasteiger partial charge in [-0.15, -0.1) is 0 Å². The Labute approximate surface area is 133 Å². The summed E-state index contributed by atoms with van der Waals surface area (Å²) in [6.07, 6.45) is -0.174. The molecule has 1 aliphatic rings. The summed E-state index contributed by atoms with van der Waals surface area (Å²) in [4.78, 5) is 14.4. The van der Waals surface area contributed by atoms with E-state index in [9.17, 15) is 19.4 Å². The van der Waals surface area contributed by atoms with Crippen LogP contribution in [-0.4, -0.2) is 33.7 Å². The number of carbonyl (C=O) groups is 1. The van der Waals surface area contributed by atoms with E-state index in [2.05, 4.69) is 0 Å². The van der Waals surface area contributed by atoms with Crippen molar-refractivity contribution < 1.29 is 19.4 Å². The van der Waals surface area contributed by atoms with Gasteiger partial charge in [-0.25, -0.2) is 4.39 Å². The van der Waals surface area contributed by atoms with Crippen molar-refractivity contribution in [1.29, 1.82) is 0 Å². The molecule has 0 aromatic heterocycles. The number of aliphatic hydroxyl groups is 2. The molecule has 3 rings (SSSR count). The molecule has 0 bridgehead atoms. The zero-order valence-corrected chi connectivity index (χ0v) is 12.5. The van der Waals surface area contributed by atoms with Crippen LogP contribution in [0.25, 0.3) is 0 Å². The lowest BCUT2D eigenvalue weighted by molar-refractivity contribution is 0.0715. The Balaban J connectivity index is 1.89. The summed E-state index contributed by atoms with van der Waals surface area (Å²) in [5, 5.41) is 19.2. The van der Waals surface area contributed by atoms with Crippen LogP contribution in [0, 0.1) is 5.82 Å². The van der Waals surface area contributed by atoms with E-state index < -0.39 is 6.10 Å². The summed E-state index contributed by atoms with van der Waals surface area (Å²) in [6, 6.07) is 12.5. The number of carbonyl (C=O) groups excluding carboxylic acids is 1. The maximum atomic E-state index is 13.1. The molecule has 0 spiro atoms. The number of amides is 1. The van der Waals surface area contributed by atoms with Crippen molar-refractivity contribution in [3.63, 3.8) is 0 Å². The SMILES string of the molecule is O=C(c1cccc(CO)c1)N1C[C@@H](O)C[C@H]1c1ccc(F)cc1. The number of halogens is 1. The summed E-state index contributed by atoms with van der Waals surface area (Å²) in [6.45, 7) is 0.107. The molecule has 120 valence electrons. The quantitative estimate of drug-likeness (QED) is 0.913. The molecule has 1 heterocycles. The molecule has 2 aromatic carbocycles. The highest BCUT2D eigenvalue weighted by atomic mass is 19.1. The molecule has 0 radical (unpaired) electrons. The molecule has 1 saturated heterocycles. The normalized spacial score (nSPS) is 20.7. The van der Waals surface area contributed by atoms with Crippen molar-refractivity contribution in [1.82, 2.24) is 4.90 Å². The number of benzene rings is 2. The fourth-order valence-corrected chi connectivity index (χ4v) is 3.01. The number of hydrogen-bond donors (Lipinski definition) is 2. The first kappa shape index (κ1) is 15.6. The van der Waals surface area contributed by atoms with E-state index in [0.717, 1.165) is 5.56 Å². The molecule has 2 aromatic rings. The highest BCUT2D eigenvalue weighted by Crippen LogP contribution is 2.33. The molecule has 4 nitrogen and oxygen atoms in total. The minimum absolute atomic E-state index is 0.134. The van der Waals surface area contributed by atoms with Gasteiger partial charge in [0.05, 0.1) is 18.8 Å². The van der Waals surface area contributed by atoms with E-state index in [1.165, 1.54) is 12.1 Å². The van der Waals surface area contributed by atoms with Crippen molar-refractivity contribution in [2.24, 2.45) is 0 Å². The number of likely N-dealkylation sites (tertiary alicyclic amines) is 1. The van der Waals surface area contributed by atoms with Crippen molar-refractivity contribution in [3.05, 3.63) is 71.0 Å². The Kier molecular flexibility index (Phi) is 4.41. The molecular weight excluding hydrogens is 297 g/mol. The third-order valence-corrected chi connectivity index (χ3v) is 4.15. The third-order valence-electron chi connectivity index (χ3n) is 4.15. The van der Waals surface area contributed by atoms with E-state index in [-0.39, 0.29) is 30.9 Å². The molecule has 2 N–H and O–H groups in total. The average molecular weight is 315 g/mol. The van der Waals surface area contributed by atoms with Crippen LogP contribution in [0.2, 0.25) is 0 Å². The smallest absolute Gasteiger partial charge is 0.254 e. The van der Waals surface area contributed by atoms with Gasteiger partial charge < -0.3 is 15.1 Å². The van der Waals surface area contributed by atoms with E-state index >= 15 is 0 Å². The van der Waals surface area contributed by atoms with Gasteiger partial charge in [0.2, 0.25) is 0 Å². The van der Waals surface area contributed by atoms with E-state index in [1.807, 2.05) is 0 Å². The van der Waals surface area contributed by atoms with E-state index in [4.69, 9.17) is 0 Å². The van der Waals surface area contributed by atoms with Gasteiger partial charge in [-0.1, -0.05) is 24.3 Å². The van der Waals surface area contributed by atoms with Crippen molar-refractivity contribution in [2.75, 3.05) is 6.54 Å². The molecule has 23 heavy (non-hydrogen) atoms. The van der Waals surface area contributed by atoms with Crippen molar-refractivity contribution >= 4 is 5.91 Å². The second-order valence-electron chi connectivity index (χ2n) is 5.77. The lowest BCUT2D eigenvalue weighted by Gasteiger charge is -2.25. The molecule has 0 unspecified atom stereocenters. The Bertz CT molecular complexity index is 702. The fraction of sp³-hybridized carbons (Fsp3) is 0.278. The first-order chi connectivity index (χ1) is 11.1.